The molecule has 2 heterocycles. The van der Waals surface area contributed by atoms with Gasteiger partial charge in [-0.1, -0.05) is 12.1 Å². The minimum absolute atomic E-state index is 0.0000563. The van der Waals surface area contributed by atoms with Crippen LogP contribution in [0.2, 0.25) is 0 Å². The summed E-state index contributed by atoms with van der Waals surface area (Å²) < 4.78 is 16.0. The molecule has 2 aliphatic rings. The number of carbonyl (C=O) groups is 3. The molecule has 15 nitrogen and oxygen atoms in total. The molecule has 16 heteroatoms. The summed E-state index contributed by atoms with van der Waals surface area (Å²) in [6, 6.07) is 18.4. The van der Waals surface area contributed by atoms with Gasteiger partial charge in [0.25, 0.3) is 11.4 Å². The topological polar surface area (TPSA) is 184 Å². The summed E-state index contributed by atoms with van der Waals surface area (Å²) in [5.41, 5.74) is 2.14. The van der Waals surface area contributed by atoms with Gasteiger partial charge in [-0.25, -0.2) is 9.59 Å². The lowest BCUT2D eigenvalue weighted by atomic mass is 9.98. The second-order valence-electron chi connectivity index (χ2n) is 11.7. The van der Waals surface area contributed by atoms with Gasteiger partial charge < -0.3 is 24.4 Å². The number of nitro groups is 2. The van der Waals surface area contributed by atoms with E-state index in [4.69, 9.17) is 14.2 Å². The van der Waals surface area contributed by atoms with E-state index in [1.165, 1.54) is 53.4 Å². The molecule has 5 rings (SSSR count). The first kappa shape index (κ1) is 34.9. The van der Waals surface area contributed by atoms with Crippen LogP contribution in [0.5, 0.6) is 5.75 Å². The molecule has 0 unspecified atom stereocenters. The van der Waals surface area contributed by atoms with Gasteiger partial charge in [0.05, 0.1) is 17.0 Å². The maximum Gasteiger partial charge on any atom is 0.410 e. The van der Waals surface area contributed by atoms with Crippen molar-refractivity contribution >= 4 is 41.2 Å². The summed E-state index contributed by atoms with van der Waals surface area (Å²) in [5, 5.41) is 24.4. The van der Waals surface area contributed by atoms with Crippen molar-refractivity contribution in [2.24, 2.45) is 5.92 Å². The molecule has 258 valence electrons. The number of nitrogens with one attached hydrogen (secondary N) is 1. The molecule has 2 fully saturated rings. The van der Waals surface area contributed by atoms with Gasteiger partial charge in [0, 0.05) is 67.4 Å². The Morgan fingerprint density at radius 1 is 0.816 bits per heavy atom. The Balaban J connectivity index is 1.12. The van der Waals surface area contributed by atoms with Gasteiger partial charge in [-0.05, 0) is 59.5 Å². The van der Waals surface area contributed by atoms with Gasteiger partial charge in [0.1, 0.15) is 25.0 Å². The molecule has 0 aliphatic carbocycles. The molecule has 0 saturated carbocycles. The highest BCUT2D eigenvalue weighted by Crippen LogP contribution is 2.33. The Hall–Kier alpha value is -5.38. The summed E-state index contributed by atoms with van der Waals surface area (Å²) in [4.78, 5) is 63.0. The molecule has 3 aromatic carbocycles. The Bertz CT molecular complexity index is 1650. The number of methoxy groups -OCH3 is 1. The number of ether oxygens (including phenoxy) is 3. The van der Waals surface area contributed by atoms with Crippen molar-refractivity contribution in [2.45, 2.75) is 36.7 Å². The Labute approximate surface area is 285 Å². The first-order valence-electron chi connectivity index (χ1n) is 15.4. The lowest BCUT2D eigenvalue weighted by Gasteiger charge is -2.41. The second kappa shape index (κ2) is 16.1. The van der Waals surface area contributed by atoms with Gasteiger partial charge in [-0.2, -0.15) is 11.8 Å². The molecule has 1 N–H and O–H groups in total. The smallest absolute Gasteiger partial charge is 0.410 e. The molecular weight excluding hydrogens is 658 g/mol. The fraction of sp³-hybridized carbons (Fsp3) is 0.364. The van der Waals surface area contributed by atoms with Crippen LogP contribution in [0.25, 0.3) is 0 Å². The zero-order valence-corrected chi connectivity index (χ0v) is 27.4. The van der Waals surface area contributed by atoms with Crippen LogP contribution in [-0.2, 0) is 33.2 Å². The van der Waals surface area contributed by atoms with Crippen LogP contribution in [0.15, 0.2) is 72.8 Å². The van der Waals surface area contributed by atoms with Crippen LogP contribution in [0.4, 0.5) is 21.0 Å². The molecule has 0 spiro atoms. The summed E-state index contributed by atoms with van der Waals surface area (Å²) in [6.07, 6.45) is -0.836. The predicted molar refractivity (Wildman–Crippen MR) is 178 cm³/mol. The van der Waals surface area contributed by atoms with Crippen molar-refractivity contribution in [1.29, 1.82) is 0 Å². The normalized spacial score (nSPS) is 17.2. The first-order chi connectivity index (χ1) is 23.6. The highest BCUT2D eigenvalue weighted by atomic mass is 32.2. The van der Waals surface area contributed by atoms with Gasteiger partial charge in [0.2, 0.25) is 5.91 Å². The number of likely N-dealkylation sites (tertiary alicyclic amines) is 2. The Kier molecular flexibility index (Phi) is 11.5. The summed E-state index contributed by atoms with van der Waals surface area (Å²) in [7, 11) is 1.60. The van der Waals surface area contributed by atoms with Crippen LogP contribution in [-0.4, -0.2) is 82.3 Å². The Morgan fingerprint density at radius 3 is 1.92 bits per heavy atom. The van der Waals surface area contributed by atoms with E-state index in [9.17, 15) is 34.6 Å². The zero-order chi connectivity index (χ0) is 34.9. The quantitative estimate of drug-likeness (QED) is 0.190. The molecular formula is C33H35N5O10S. The monoisotopic (exact) mass is 693 g/mol. The van der Waals surface area contributed by atoms with Crippen LogP contribution in [0.3, 0.4) is 0 Å². The van der Waals surface area contributed by atoms with Crippen molar-refractivity contribution in [3.05, 3.63) is 110 Å². The number of carbonyl (C=O) groups excluding carboxylic acids is 3. The first-order valence-corrected chi connectivity index (χ1v) is 16.5. The van der Waals surface area contributed by atoms with Crippen molar-refractivity contribution in [3.8, 4) is 5.75 Å². The molecule has 0 radical (unpaired) electrons. The largest absolute Gasteiger partial charge is 0.497 e. The van der Waals surface area contributed by atoms with E-state index in [0.29, 0.717) is 42.9 Å². The molecule has 3 amide bonds. The number of rotatable bonds is 13. The number of benzene rings is 3. The van der Waals surface area contributed by atoms with E-state index in [2.05, 4.69) is 5.32 Å². The average molecular weight is 694 g/mol. The van der Waals surface area contributed by atoms with E-state index < -0.39 is 28.1 Å². The second-order valence-corrected chi connectivity index (χ2v) is 12.9. The fourth-order valence-corrected chi connectivity index (χ4v) is 6.67. The minimum atomic E-state index is -0.724. The number of amides is 3. The zero-order valence-electron chi connectivity index (χ0n) is 26.6. The number of nitrogens with zero attached hydrogens (tertiary/aromatic N) is 4. The van der Waals surface area contributed by atoms with Crippen LogP contribution >= 0.6 is 11.8 Å². The van der Waals surface area contributed by atoms with Crippen LogP contribution in [0, 0.1) is 26.1 Å². The molecule has 49 heavy (non-hydrogen) atoms. The molecule has 2 saturated heterocycles. The summed E-state index contributed by atoms with van der Waals surface area (Å²) >= 11 is 1.65. The van der Waals surface area contributed by atoms with Gasteiger partial charge in [-0.3, -0.25) is 29.9 Å². The predicted octanol–water partition coefficient (Wildman–Crippen LogP) is 4.91. The molecule has 0 bridgehead atoms. The highest BCUT2D eigenvalue weighted by molar-refractivity contribution is 7.99. The van der Waals surface area contributed by atoms with E-state index >= 15 is 0 Å². The van der Waals surface area contributed by atoms with Gasteiger partial charge >= 0.3 is 12.2 Å². The van der Waals surface area contributed by atoms with Crippen molar-refractivity contribution in [2.75, 3.05) is 33.3 Å². The number of non-ortho nitro benzene ring substituents is 2. The Morgan fingerprint density at radius 2 is 1.37 bits per heavy atom. The number of hydrogen-bond donors (Lipinski definition) is 1. The highest BCUT2D eigenvalue weighted by Gasteiger charge is 2.45. The van der Waals surface area contributed by atoms with Crippen molar-refractivity contribution < 1.29 is 38.4 Å². The lowest BCUT2D eigenvalue weighted by molar-refractivity contribution is -0.385. The number of hydrogen-bond acceptors (Lipinski definition) is 11. The van der Waals surface area contributed by atoms with E-state index in [0.717, 1.165) is 11.3 Å². The molecule has 0 aromatic heterocycles. The van der Waals surface area contributed by atoms with E-state index in [1.807, 2.05) is 24.3 Å². The summed E-state index contributed by atoms with van der Waals surface area (Å²) in [6.45, 7) is 1.25. The van der Waals surface area contributed by atoms with Gasteiger partial charge in [0.15, 0.2) is 0 Å². The number of thioether (sulfide) groups is 1. The standard InChI is InChI=1S/C33H35N5O10S/c1-46-28-12-6-24(7-13-28)21-49-29-14-30(36(18-29)33(41)48-20-23-4-10-27(11-5-23)38(44)45)31(39)35-16-25(17-35)15-34-32(40)47-19-22-2-8-26(9-3-22)37(42)43/h2-13,25,29-30H,14-21H2,1H3,(H,34,40)/t29-,30-/m0/s1. The third kappa shape index (κ3) is 9.37. The molecule has 2 aliphatic heterocycles. The SMILES string of the molecule is COc1ccc(CS[C@H]2C[C@@H](C(=O)N3CC(CNC(=O)OCc4ccc([N+](=O)[O-])cc4)C3)N(C(=O)OCc3ccc([N+](=O)[O-])cc3)C2)cc1. The minimum Gasteiger partial charge on any atom is -0.497 e. The van der Waals surface area contributed by atoms with Crippen molar-refractivity contribution in [1.82, 2.24) is 15.1 Å². The van der Waals surface area contributed by atoms with E-state index in [-0.39, 0.29) is 48.2 Å². The molecule has 3 aromatic rings. The van der Waals surface area contributed by atoms with E-state index in [1.54, 1.807) is 23.8 Å². The van der Waals surface area contributed by atoms with Crippen LogP contribution in [0.1, 0.15) is 23.1 Å². The fourth-order valence-electron chi connectivity index (χ4n) is 5.46. The summed E-state index contributed by atoms with van der Waals surface area (Å²) in [5.74, 6) is 1.24. The van der Waals surface area contributed by atoms with Crippen molar-refractivity contribution in [3.63, 3.8) is 0 Å². The maximum absolute atomic E-state index is 13.7. The average Bonchev–Trinajstić information content (AvgIpc) is 3.53. The number of nitro benzene ring substituents is 2. The maximum atomic E-state index is 13.7. The molecule has 2 atom stereocenters. The lowest BCUT2D eigenvalue weighted by Crippen LogP contribution is -2.58. The van der Waals surface area contributed by atoms with Crippen LogP contribution < -0.4 is 10.1 Å². The van der Waals surface area contributed by atoms with Gasteiger partial charge in [-0.15, -0.1) is 0 Å². The third-order valence-electron chi connectivity index (χ3n) is 8.26. The third-order valence-corrected chi connectivity index (χ3v) is 9.57. The number of alkyl carbamates (subject to hydrolysis) is 1.